The number of H-pyrrole nitrogens is 1. The van der Waals surface area contributed by atoms with E-state index >= 15 is 0 Å². The van der Waals surface area contributed by atoms with Gasteiger partial charge < -0.3 is 14.2 Å². The van der Waals surface area contributed by atoms with Gasteiger partial charge in [-0.05, 0) is 43.2 Å². The van der Waals surface area contributed by atoms with Crippen molar-refractivity contribution < 1.29 is 9.26 Å². The second kappa shape index (κ2) is 6.72. The summed E-state index contributed by atoms with van der Waals surface area (Å²) >= 11 is 0. The number of pyridine rings is 1. The molecule has 4 rings (SSSR count). The van der Waals surface area contributed by atoms with Gasteiger partial charge in [0, 0.05) is 29.5 Å². The molecule has 0 atom stereocenters. The van der Waals surface area contributed by atoms with E-state index in [0.29, 0.717) is 29.6 Å². The van der Waals surface area contributed by atoms with Gasteiger partial charge in [-0.15, -0.1) is 0 Å². The minimum atomic E-state index is -0.0471. The summed E-state index contributed by atoms with van der Waals surface area (Å²) in [5.74, 6) is 2.32. The van der Waals surface area contributed by atoms with Crippen molar-refractivity contribution in [2.45, 2.75) is 27.2 Å². The van der Waals surface area contributed by atoms with Crippen molar-refractivity contribution in [3.05, 3.63) is 69.8 Å². The van der Waals surface area contributed by atoms with Crippen molar-refractivity contribution in [2.24, 2.45) is 0 Å². The zero-order valence-electron chi connectivity index (χ0n) is 15.4. The second-order valence-electron chi connectivity index (χ2n) is 6.39. The molecule has 2 aromatic heterocycles. The number of hydrogen-bond acceptors (Lipinski definition) is 5. The van der Waals surface area contributed by atoms with Crippen molar-refractivity contribution in [2.75, 3.05) is 0 Å². The Labute approximate surface area is 155 Å². The molecule has 0 aliphatic rings. The first-order chi connectivity index (χ1) is 13.0. The molecule has 0 radical (unpaired) electrons. The first-order valence-electron chi connectivity index (χ1n) is 8.79. The third-order valence-electron chi connectivity index (χ3n) is 4.58. The third kappa shape index (κ3) is 3.21. The van der Waals surface area contributed by atoms with E-state index in [9.17, 15) is 4.79 Å². The lowest BCUT2D eigenvalue weighted by Gasteiger charge is -2.10. The van der Waals surface area contributed by atoms with Gasteiger partial charge in [0.1, 0.15) is 11.5 Å². The summed E-state index contributed by atoms with van der Waals surface area (Å²) in [6.07, 6.45) is 0.706. The number of aryl methyl sites for hydroxylation is 2. The van der Waals surface area contributed by atoms with Crippen molar-refractivity contribution >= 4 is 10.9 Å². The van der Waals surface area contributed by atoms with Crippen LogP contribution >= 0.6 is 0 Å². The monoisotopic (exact) mass is 361 g/mol. The van der Waals surface area contributed by atoms with E-state index in [0.717, 1.165) is 27.6 Å². The summed E-state index contributed by atoms with van der Waals surface area (Å²) in [5.41, 5.74) is 3.35. The molecule has 2 heterocycles. The predicted molar refractivity (Wildman–Crippen MR) is 103 cm³/mol. The van der Waals surface area contributed by atoms with E-state index in [4.69, 9.17) is 9.26 Å². The Kier molecular flexibility index (Phi) is 4.24. The number of nitrogens with one attached hydrogen (secondary N) is 1. The Morgan fingerprint density at radius 2 is 1.93 bits per heavy atom. The van der Waals surface area contributed by atoms with Gasteiger partial charge in [0.05, 0.1) is 5.52 Å². The molecule has 0 aliphatic carbocycles. The fourth-order valence-corrected chi connectivity index (χ4v) is 3.22. The van der Waals surface area contributed by atoms with Gasteiger partial charge in [0.2, 0.25) is 11.7 Å². The lowest BCUT2D eigenvalue weighted by Crippen LogP contribution is -2.14. The highest BCUT2D eigenvalue weighted by Crippen LogP contribution is 2.29. The van der Waals surface area contributed by atoms with Crippen LogP contribution in [0, 0.1) is 13.8 Å². The van der Waals surface area contributed by atoms with Crippen LogP contribution < -0.4 is 10.3 Å². The number of hydrogen-bond donors (Lipinski definition) is 1. The highest BCUT2D eigenvalue weighted by atomic mass is 16.5. The average molecular weight is 361 g/mol. The molecule has 0 aliphatic heterocycles. The van der Waals surface area contributed by atoms with Gasteiger partial charge in [-0.1, -0.05) is 24.2 Å². The number of nitrogens with zero attached hydrogens (tertiary/aromatic N) is 2. The SMILES string of the molecule is CCc1c(C)c2ccc(Oc3cccc(-c4noc(C)n4)c3)cc2[nH]c1=O. The Morgan fingerprint density at radius 3 is 2.67 bits per heavy atom. The van der Waals surface area contributed by atoms with Gasteiger partial charge >= 0.3 is 0 Å². The summed E-state index contributed by atoms with van der Waals surface area (Å²) in [6.45, 7) is 5.71. The molecule has 27 heavy (non-hydrogen) atoms. The number of fused-ring (bicyclic) bond motifs is 1. The zero-order chi connectivity index (χ0) is 19.0. The molecule has 6 nitrogen and oxygen atoms in total. The van der Waals surface area contributed by atoms with Crippen LogP contribution in [0.5, 0.6) is 11.5 Å². The van der Waals surface area contributed by atoms with E-state index in [1.807, 2.05) is 56.3 Å². The number of rotatable bonds is 4. The average Bonchev–Trinajstić information content (AvgIpc) is 3.08. The largest absolute Gasteiger partial charge is 0.457 e. The van der Waals surface area contributed by atoms with Crippen LogP contribution in [0.15, 0.2) is 51.8 Å². The van der Waals surface area contributed by atoms with Crippen LogP contribution in [-0.2, 0) is 6.42 Å². The van der Waals surface area contributed by atoms with Crippen molar-refractivity contribution in [3.8, 4) is 22.9 Å². The number of benzene rings is 2. The second-order valence-corrected chi connectivity index (χ2v) is 6.39. The summed E-state index contributed by atoms with van der Waals surface area (Å²) < 4.78 is 11.0. The van der Waals surface area contributed by atoms with E-state index in [2.05, 4.69) is 15.1 Å². The molecular weight excluding hydrogens is 342 g/mol. The molecule has 0 fully saturated rings. The van der Waals surface area contributed by atoms with E-state index in [1.54, 1.807) is 6.92 Å². The zero-order valence-corrected chi connectivity index (χ0v) is 15.4. The number of aromatic amines is 1. The smallest absolute Gasteiger partial charge is 0.251 e. The number of ether oxygens (including phenoxy) is 1. The first kappa shape index (κ1) is 17.0. The maximum absolute atomic E-state index is 12.2. The molecule has 0 unspecified atom stereocenters. The van der Waals surface area contributed by atoms with Gasteiger partial charge in [-0.3, -0.25) is 4.79 Å². The molecule has 1 N–H and O–H groups in total. The third-order valence-corrected chi connectivity index (χ3v) is 4.58. The first-order valence-corrected chi connectivity index (χ1v) is 8.79. The quantitative estimate of drug-likeness (QED) is 0.577. The predicted octanol–water partition coefficient (Wildman–Crippen LogP) is 4.55. The summed E-state index contributed by atoms with van der Waals surface area (Å²) in [7, 11) is 0. The van der Waals surface area contributed by atoms with Crippen LogP contribution in [0.25, 0.3) is 22.3 Å². The van der Waals surface area contributed by atoms with Crippen molar-refractivity contribution in [3.63, 3.8) is 0 Å². The van der Waals surface area contributed by atoms with Gasteiger partial charge in [0.25, 0.3) is 5.56 Å². The van der Waals surface area contributed by atoms with Crippen LogP contribution in [0.2, 0.25) is 0 Å². The van der Waals surface area contributed by atoms with Gasteiger partial charge in [0.15, 0.2) is 0 Å². The van der Waals surface area contributed by atoms with E-state index in [-0.39, 0.29) is 5.56 Å². The van der Waals surface area contributed by atoms with Crippen LogP contribution in [0.4, 0.5) is 0 Å². The number of aromatic nitrogens is 3. The maximum atomic E-state index is 12.2. The highest BCUT2D eigenvalue weighted by Gasteiger charge is 2.10. The minimum Gasteiger partial charge on any atom is -0.457 e. The molecule has 6 heteroatoms. The van der Waals surface area contributed by atoms with Crippen LogP contribution in [0.3, 0.4) is 0 Å². The normalized spacial score (nSPS) is 11.1. The Hall–Kier alpha value is -3.41. The van der Waals surface area contributed by atoms with E-state index in [1.165, 1.54) is 0 Å². The fourth-order valence-electron chi connectivity index (χ4n) is 3.22. The highest BCUT2D eigenvalue weighted by molar-refractivity contribution is 5.84. The molecule has 136 valence electrons. The molecule has 0 bridgehead atoms. The van der Waals surface area contributed by atoms with Crippen molar-refractivity contribution in [1.29, 1.82) is 0 Å². The summed E-state index contributed by atoms with van der Waals surface area (Å²) in [4.78, 5) is 19.4. The molecule has 0 saturated carbocycles. The fraction of sp³-hybridized carbons (Fsp3) is 0.190. The molecule has 2 aromatic carbocycles. The summed E-state index contributed by atoms with van der Waals surface area (Å²) in [5, 5.41) is 4.95. The van der Waals surface area contributed by atoms with Crippen molar-refractivity contribution in [1.82, 2.24) is 15.1 Å². The molecule has 0 saturated heterocycles. The van der Waals surface area contributed by atoms with Crippen LogP contribution in [0.1, 0.15) is 23.9 Å². The molecular formula is C21H19N3O3. The topological polar surface area (TPSA) is 81.0 Å². The Morgan fingerprint density at radius 1 is 1.11 bits per heavy atom. The molecule has 0 amide bonds. The van der Waals surface area contributed by atoms with Crippen LogP contribution in [-0.4, -0.2) is 15.1 Å². The van der Waals surface area contributed by atoms with Gasteiger partial charge in [-0.2, -0.15) is 4.98 Å². The standard InChI is InChI=1S/C21H19N3O3/c1-4-17-12(2)18-9-8-16(11-19(18)23-21(17)25)26-15-7-5-6-14(10-15)20-22-13(3)27-24-20/h5-11H,4H2,1-3H3,(H,23,25). The lowest BCUT2D eigenvalue weighted by molar-refractivity contribution is 0.394. The minimum absolute atomic E-state index is 0.0471. The van der Waals surface area contributed by atoms with Gasteiger partial charge in [-0.25, -0.2) is 0 Å². The molecule has 4 aromatic rings. The summed E-state index contributed by atoms with van der Waals surface area (Å²) in [6, 6.07) is 13.2. The Bertz CT molecular complexity index is 1190. The Balaban J connectivity index is 1.69. The molecule has 0 spiro atoms. The maximum Gasteiger partial charge on any atom is 0.251 e. The lowest BCUT2D eigenvalue weighted by atomic mass is 10.0. The van der Waals surface area contributed by atoms with E-state index < -0.39 is 0 Å².